The van der Waals surface area contributed by atoms with Gasteiger partial charge >= 0.3 is 0 Å². The zero-order valence-electron chi connectivity index (χ0n) is 14.0. The quantitative estimate of drug-likeness (QED) is 0.164. The summed E-state index contributed by atoms with van der Waals surface area (Å²) < 4.78 is 16.2. The van der Waals surface area contributed by atoms with E-state index in [1.807, 2.05) is 0 Å². The Morgan fingerprint density at radius 1 is 0.714 bits per heavy atom. The van der Waals surface area contributed by atoms with Crippen LogP contribution in [-0.4, -0.2) is 36.7 Å². The van der Waals surface area contributed by atoms with E-state index in [2.05, 4.69) is 10.3 Å². The van der Waals surface area contributed by atoms with Crippen molar-refractivity contribution in [2.45, 2.75) is 63.8 Å². The fourth-order valence-electron chi connectivity index (χ4n) is 2.38. The van der Waals surface area contributed by atoms with Crippen molar-refractivity contribution in [3.8, 4) is 0 Å². The van der Waals surface area contributed by atoms with E-state index in [-0.39, 0.29) is 0 Å². The molecule has 0 fully saturated rings. The highest BCUT2D eigenvalue weighted by Gasteiger charge is 2.20. The van der Waals surface area contributed by atoms with Crippen molar-refractivity contribution in [3.05, 3.63) is 0 Å². The summed E-state index contributed by atoms with van der Waals surface area (Å²) >= 11 is 0. The molecule has 127 valence electrons. The Labute approximate surface area is 130 Å². The first-order valence-corrected chi connectivity index (χ1v) is 9.90. The van der Waals surface area contributed by atoms with Gasteiger partial charge in [-0.3, -0.25) is 0 Å². The second-order valence-corrected chi connectivity index (χ2v) is 8.30. The van der Waals surface area contributed by atoms with Gasteiger partial charge in [0.25, 0.3) is 8.80 Å². The minimum Gasteiger partial charge on any atom is -0.527 e. The van der Waals surface area contributed by atoms with Crippen molar-refractivity contribution in [1.29, 1.82) is 0 Å². The Morgan fingerprint density at radius 3 is 1.57 bits per heavy atom. The molecule has 0 aromatic heterocycles. The van der Waals surface area contributed by atoms with Gasteiger partial charge in [-0.05, 0) is 27.8 Å². The van der Waals surface area contributed by atoms with E-state index in [1.54, 1.807) is 21.3 Å². The van der Waals surface area contributed by atoms with Crippen LogP contribution in [0.4, 0.5) is 0 Å². The fraction of sp³-hybridized carbons (Fsp3) is 1.00. The molecule has 7 heteroatoms. The lowest BCUT2D eigenvalue weighted by molar-refractivity contribution is 0.122. The molecule has 0 atom stereocenters. The summed E-state index contributed by atoms with van der Waals surface area (Å²) in [7, 11) is 2.68. The Bertz CT molecular complexity index is 243. The van der Waals surface area contributed by atoms with E-state index in [1.165, 1.54) is 44.9 Å². The molecule has 0 saturated carbocycles. The average molecular weight is 320 g/mol. The third-order valence-electron chi connectivity index (χ3n) is 3.76. The van der Waals surface area contributed by atoms with Crippen LogP contribution in [0.2, 0.25) is 6.04 Å². The molecule has 0 rings (SSSR count). The maximum Gasteiger partial charge on any atom is 0.280 e. The molecule has 0 aliphatic heterocycles. The monoisotopic (exact) mass is 319 g/mol. The molecule has 0 amide bonds. The lowest BCUT2D eigenvalue weighted by Crippen LogP contribution is -2.42. The van der Waals surface area contributed by atoms with Crippen molar-refractivity contribution >= 4 is 8.80 Å². The van der Waals surface area contributed by atoms with Crippen molar-refractivity contribution in [3.63, 3.8) is 0 Å². The van der Waals surface area contributed by atoms with Gasteiger partial charge in [-0.1, -0.05) is 62.6 Å². The molecule has 0 aliphatic carbocycles. The summed E-state index contributed by atoms with van der Waals surface area (Å²) in [5.41, 5.74) is 0. The normalized spacial score (nSPS) is 12.3. The van der Waals surface area contributed by atoms with E-state index in [0.29, 0.717) is 0 Å². The molecule has 0 heterocycles. The first-order valence-electron chi connectivity index (χ1n) is 7.97. The fourth-order valence-corrected chi connectivity index (χ4v) is 4.17. The Hall–Kier alpha value is -0.503. The van der Waals surface area contributed by atoms with Crippen molar-refractivity contribution in [2.24, 2.45) is 16.2 Å². The predicted molar refractivity (Wildman–Crippen MR) is 87.1 cm³/mol. The van der Waals surface area contributed by atoms with Gasteiger partial charge in [0.05, 0.1) is 6.54 Å². The number of unbranched alkanes of at least 4 members (excludes halogenated alkanes) is 8. The number of rotatable bonds is 15. The molecule has 0 bridgehead atoms. The second kappa shape index (κ2) is 14.4. The summed E-state index contributed by atoms with van der Waals surface area (Å²) in [6.07, 6.45) is 11.2. The van der Waals surface area contributed by atoms with Crippen molar-refractivity contribution < 1.29 is 13.3 Å². The van der Waals surface area contributed by atoms with Crippen molar-refractivity contribution in [1.82, 2.24) is 0 Å². The molecular weight excluding hydrogens is 286 g/mol. The van der Waals surface area contributed by atoms with Gasteiger partial charge in [-0.2, -0.15) is 5.11 Å². The summed E-state index contributed by atoms with van der Waals surface area (Å²) in [5, 5.41) is 7.00. The zero-order chi connectivity index (χ0) is 15.8. The average Bonchev–Trinajstić information content (AvgIpc) is 2.53. The van der Waals surface area contributed by atoms with Crippen LogP contribution in [0.25, 0.3) is 0 Å². The molecule has 0 spiro atoms. The van der Waals surface area contributed by atoms with E-state index < -0.39 is 8.80 Å². The van der Waals surface area contributed by atoms with Crippen LogP contribution >= 0.6 is 0 Å². The third-order valence-corrected chi connectivity index (χ3v) is 6.59. The highest BCUT2D eigenvalue weighted by Crippen LogP contribution is 2.18. The molecule has 0 aliphatic rings. The molecule has 0 aromatic rings. The number of hydrogen-bond donors (Lipinski definition) is 1. The first kappa shape index (κ1) is 20.5. The minimum absolute atomic E-state index is 0.765. The van der Waals surface area contributed by atoms with Gasteiger partial charge in [-0.25, -0.2) is 0 Å². The van der Waals surface area contributed by atoms with Crippen molar-refractivity contribution in [2.75, 3.05) is 27.9 Å². The molecular formula is C14H33N3O3Si-. The molecule has 6 nitrogen and oxygen atoms in total. The van der Waals surface area contributed by atoms with E-state index in [0.717, 1.165) is 25.4 Å². The third kappa shape index (κ3) is 10.8. The van der Waals surface area contributed by atoms with E-state index >= 15 is 0 Å². The number of hydrogen-bond acceptors (Lipinski definition) is 5. The highest BCUT2D eigenvalue weighted by atomic mass is 28.4. The number of nitrogens with two attached hydrogens (primary N) is 1. The molecule has 0 unspecified atom stereocenters. The summed E-state index contributed by atoms with van der Waals surface area (Å²) in [5.74, 6) is 4.94. The Balaban J connectivity index is 3.32. The van der Waals surface area contributed by atoms with Gasteiger partial charge < -0.3 is 19.1 Å². The summed E-state index contributed by atoms with van der Waals surface area (Å²) in [4.78, 5) is 0. The molecule has 0 aromatic carbocycles. The summed E-state index contributed by atoms with van der Waals surface area (Å²) in [6, 6.07) is 0.909. The van der Waals surface area contributed by atoms with Gasteiger partial charge in [0, 0.05) is 0 Å². The van der Waals surface area contributed by atoms with Gasteiger partial charge in [0.1, 0.15) is 0 Å². The predicted octanol–water partition coefficient (Wildman–Crippen LogP) is 3.70. The van der Waals surface area contributed by atoms with Crippen LogP contribution in [0.3, 0.4) is 0 Å². The smallest absolute Gasteiger partial charge is 0.280 e. The van der Waals surface area contributed by atoms with Gasteiger partial charge in [0.2, 0.25) is 0 Å². The maximum atomic E-state index is 5.41. The molecule has 2 N–H and O–H groups in total. The topological polar surface area (TPSA) is 78.4 Å². The van der Waals surface area contributed by atoms with Crippen LogP contribution in [0.5, 0.6) is 0 Å². The van der Waals surface area contributed by atoms with Crippen LogP contribution in [0, 0.1) is 0 Å². The lowest BCUT2D eigenvalue weighted by Gasteiger charge is -2.38. The standard InChI is InChI=1S/C14H33N3O3Si/c1-18-21(19-2,20-3)14-12-10-8-6-4-5-7-9-11-13-16-17-15/h4-14H2,1-3H3,(H2,15,16)/q-1. The van der Waals surface area contributed by atoms with Crippen LogP contribution in [0.15, 0.2) is 10.3 Å². The molecule has 0 radical (unpaired) electrons. The van der Waals surface area contributed by atoms with Gasteiger partial charge in [-0.15, -0.1) is 0 Å². The molecule has 0 saturated heterocycles. The highest BCUT2D eigenvalue weighted by molar-refractivity contribution is 6.60. The largest absolute Gasteiger partial charge is 0.527 e. The Kier molecular flexibility index (Phi) is 14.1. The van der Waals surface area contributed by atoms with Crippen LogP contribution in [0.1, 0.15) is 57.8 Å². The van der Waals surface area contributed by atoms with Crippen LogP contribution in [-0.2, 0) is 13.3 Å². The lowest BCUT2D eigenvalue weighted by atomic mass is 10.1. The zero-order valence-corrected chi connectivity index (χ0v) is 15.0. The first-order chi connectivity index (χ1) is 10.2. The SMILES string of the molecule is CO[Si-](CCCCCCCCCCCN=NN)(OC)OC. The van der Waals surface area contributed by atoms with E-state index in [4.69, 9.17) is 19.1 Å². The summed E-state index contributed by atoms with van der Waals surface area (Å²) in [6.45, 7) is 0.765. The maximum absolute atomic E-state index is 5.41. The van der Waals surface area contributed by atoms with E-state index in [9.17, 15) is 0 Å². The number of nitrogens with zero attached hydrogens (tertiary/aromatic N) is 2. The second-order valence-electron chi connectivity index (χ2n) is 5.21. The molecule has 21 heavy (non-hydrogen) atoms. The Morgan fingerprint density at radius 2 is 1.14 bits per heavy atom. The van der Waals surface area contributed by atoms with Crippen LogP contribution < -0.4 is 5.84 Å². The van der Waals surface area contributed by atoms with Gasteiger partial charge in [0.15, 0.2) is 0 Å². The minimum atomic E-state index is -2.34.